The fraction of sp³-hybridized carbons (Fsp3) is 0.280. The number of nitrogens with one attached hydrogen (secondary N) is 1. The van der Waals surface area contributed by atoms with Crippen molar-refractivity contribution in [3.63, 3.8) is 0 Å². The average molecular weight is 420 g/mol. The minimum atomic E-state index is -0.176. The van der Waals surface area contributed by atoms with Crippen molar-refractivity contribution in [3.8, 4) is 5.69 Å². The second-order valence-electron chi connectivity index (χ2n) is 7.62. The molecule has 0 spiro atoms. The molecule has 5 heteroatoms. The van der Waals surface area contributed by atoms with Crippen molar-refractivity contribution in [2.45, 2.75) is 45.6 Å². The lowest BCUT2D eigenvalue weighted by atomic mass is 10.1. The number of rotatable bonds is 7. The minimum Gasteiger partial charge on any atom is -0.318 e. The van der Waals surface area contributed by atoms with E-state index in [0.717, 1.165) is 22.7 Å². The van der Waals surface area contributed by atoms with Crippen LogP contribution in [0.1, 0.15) is 40.6 Å². The summed E-state index contributed by atoms with van der Waals surface area (Å²) in [5.41, 5.74) is 10.8. The second-order valence-corrected chi connectivity index (χ2v) is 8.95. The molecule has 1 atom stereocenters. The Bertz CT molecular complexity index is 1050. The summed E-state index contributed by atoms with van der Waals surface area (Å²) >= 11 is 1.60. The highest BCUT2D eigenvalue weighted by atomic mass is 32.2. The zero-order chi connectivity index (χ0) is 21.7. The molecule has 3 rings (SSSR count). The Morgan fingerprint density at radius 2 is 1.83 bits per heavy atom. The SMILES string of the molecule is Cc1ccc(-n2c(C)cc(/C=N\NC(=O)[C@@H](C)SCc3ccccc3)c2C)c(C)c1. The van der Waals surface area contributed by atoms with E-state index in [1.807, 2.05) is 25.1 Å². The first kappa shape index (κ1) is 21.9. The van der Waals surface area contributed by atoms with Crippen molar-refractivity contribution in [3.05, 3.63) is 88.2 Å². The molecule has 1 amide bonds. The number of benzene rings is 2. The van der Waals surface area contributed by atoms with Gasteiger partial charge < -0.3 is 4.57 Å². The van der Waals surface area contributed by atoms with Crippen LogP contribution in [0.2, 0.25) is 0 Å². The number of hydrogen-bond acceptors (Lipinski definition) is 3. The fourth-order valence-corrected chi connectivity index (χ4v) is 4.31. The van der Waals surface area contributed by atoms with Gasteiger partial charge in [0.25, 0.3) is 5.91 Å². The molecule has 0 aliphatic heterocycles. The predicted octanol–water partition coefficient (Wildman–Crippen LogP) is 5.48. The summed E-state index contributed by atoms with van der Waals surface area (Å²) in [5.74, 6) is 0.714. The summed E-state index contributed by atoms with van der Waals surface area (Å²) < 4.78 is 2.23. The van der Waals surface area contributed by atoms with E-state index in [-0.39, 0.29) is 11.2 Å². The second kappa shape index (κ2) is 9.81. The van der Waals surface area contributed by atoms with Crippen LogP contribution in [0.3, 0.4) is 0 Å². The molecule has 30 heavy (non-hydrogen) atoms. The van der Waals surface area contributed by atoms with Crippen molar-refractivity contribution in [1.29, 1.82) is 0 Å². The standard InChI is InChI=1S/C25H29N3OS/c1-17-11-12-24(18(2)13-17)28-19(3)14-23(20(28)4)15-26-27-25(29)21(5)30-16-22-9-7-6-8-10-22/h6-15,21H,16H2,1-5H3,(H,27,29)/b26-15-/t21-/m1/s1. The molecule has 2 aromatic carbocycles. The Balaban J connectivity index is 1.64. The predicted molar refractivity (Wildman–Crippen MR) is 128 cm³/mol. The van der Waals surface area contributed by atoms with E-state index in [2.05, 4.69) is 79.2 Å². The van der Waals surface area contributed by atoms with E-state index in [1.165, 1.54) is 22.4 Å². The molecule has 0 saturated carbocycles. The van der Waals surface area contributed by atoms with Crippen molar-refractivity contribution in [1.82, 2.24) is 9.99 Å². The lowest BCUT2D eigenvalue weighted by Gasteiger charge is -2.13. The first-order chi connectivity index (χ1) is 14.4. The molecule has 0 radical (unpaired) electrons. The number of aryl methyl sites for hydroxylation is 3. The molecule has 4 nitrogen and oxygen atoms in total. The van der Waals surface area contributed by atoms with Gasteiger partial charge in [0.05, 0.1) is 11.5 Å². The zero-order valence-corrected chi connectivity index (χ0v) is 19.1. The van der Waals surface area contributed by atoms with Crippen LogP contribution in [-0.2, 0) is 10.5 Å². The third-order valence-electron chi connectivity index (χ3n) is 5.15. The molecule has 0 aliphatic rings. The number of nitrogens with zero attached hydrogens (tertiary/aromatic N) is 2. The van der Waals surface area contributed by atoms with Crippen LogP contribution in [0, 0.1) is 27.7 Å². The van der Waals surface area contributed by atoms with Gasteiger partial charge in [0, 0.05) is 28.4 Å². The maximum absolute atomic E-state index is 12.4. The van der Waals surface area contributed by atoms with Crippen LogP contribution in [0.25, 0.3) is 5.69 Å². The summed E-state index contributed by atoms with van der Waals surface area (Å²) in [6.07, 6.45) is 1.73. The number of amides is 1. The lowest BCUT2D eigenvalue weighted by Crippen LogP contribution is -2.27. The van der Waals surface area contributed by atoms with Gasteiger partial charge in [0.2, 0.25) is 0 Å². The molecule has 0 bridgehead atoms. The van der Waals surface area contributed by atoms with Gasteiger partial charge in [-0.3, -0.25) is 4.79 Å². The molecular weight excluding hydrogens is 390 g/mol. The van der Waals surface area contributed by atoms with Gasteiger partial charge >= 0.3 is 0 Å². The summed E-state index contributed by atoms with van der Waals surface area (Å²) in [5, 5.41) is 4.04. The van der Waals surface area contributed by atoms with Gasteiger partial charge in [-0.25, -0.2) is 5.43 Å². The van der Waals surface area contributed by atoms with Gasteiger partial charge in [-0.05, 0) is 57.9 Å². The number of hydrogen-bond donors (Lipinski definition) is 1. The molecule has 0 unspecified atom stereocenters. The largest absolute Gasteiger partial charge is 0.318 e. The summed E-state index contributed by atoms with van der Waals surface area (Å²) in [7, 11) is 0. The zero-order valence-electron chi connectivity index (χ0n) is 18.3. The van der Waals surface area contributed by atoms with Crippen molar-refractivity contribution in [2.75, 3.05) is 0 Å². The third kappa shape index (κ3) is 5.22. The van der Waals surface area contributed by atoms with Crippen LogP contribution in [0.4, 0.5) is 0 Å². The first-order valence-corrected chi connectivity index (χ1v) is 11.2. The van der Waals surface area contributed by atoms with Gasteiger partial charge in [-0.1, -0.05) is 48.0 Å². The topological polar surface area (TPSA) is 46.4 Å². The molecule has 0 aliphatic carbocycles. The smallest absolute Gasteiger partial charge is 0.252 e. The Kier molecular flexibility index (Phi) is 7.16. The molecule has 1 aromatic heterocycles. The Morgan fingerprint density at radius 3 is 2.53 bits per heavy atom. The highest BCUT2D eigenvalue weighted by Gasteiger charge is 2.14. The van der Waals surface area contributed by atoms with E-state index in [4.69, 9.17) is 0 Å². The molecule has 1 N–H and O–H groups in total. The average Bonchev–Trinajstić information content (AvgIpc) is 3.00. The monoisotopic (exact) mass is 419 g/mol. The fourth-order valence-electron chi connectivity index (χ4n) is 3.47. The van der Waals surface area contributed by atoms with Crippen LogP contribution in [-0.4, -0.2) is 21.9 Å². The van der Waals surface area contributed by atoms with Crippen molar-refractivity contribution < 1.29 is 4.79 Å². The number of carbonyl (C=O) groups is 1. The highest BCUT2D eigenvalue weighted by molar-refractivity contribution is 7.99. The maximum atomic E-state index is 12.4. The van der Waals surface area contributed by atoms with Gasteiger partial charge in [-0.2, -0.15) is 5.10 Å². The Labute approximate surface area is 183 Å². The van der Waals surface area contributed by atoms with Crippen LogP contribution in [0.15, 0.2) is 59.7 Å². The molecule has 1 heterocycles. The molecule has 156 valence electrons. The number of thioether (sulfide) groups is 1. The summed E-state index contributed by atoms with van der Waals surface area (Å²) in [4.78, 5) is 12.4. The molecule has 0 saturated heterocycles. The van der Waals surface area contributed by atoms with Gasteiger partial charge in [0.1, 0.15) is 0 Å². The molecular formula is C25H29N3OS. The highest BCUT2D eigenvalue weighted by Crippen LogP contribution is 2.23. The summed E-state index contributed by atoms with van der Waals surface area (Å²) in [6.45, 7) is 10.3. The first-order valence-electron chi connectivity index (χ1n) is 10.1. The van der Waals surface area contributed by atoms with E-state index in [1.54, 1.807) is 18.0 Å². The van der Waals surface area contributed by atoms with Crippen LogP contribution in [0.5, 0.6) is 0 Å². The maximum Gasteiger partial charge on any atom is 0.252 e. The third-order valence-corrected chi connectivity index (χ3v) is 6.37. The summed E-state index contributed by atoms with van der Waals surface area (Å²) in [6, 6.07) is 18.7. The minimum absolute atomic E-state index is 0.0876. The van der Waals surface area contributed by atoms with E-state index < -0.39 is 0 Å². The van der Waals surface area contributed by atoms with Crippen molar-refractivity contribution >= 4 is 23.9 Å². The van der Waals surface area contributed by atoms with Gasteiger partial charge in [0.15, 0.2) is 0 Å². The van der Waals surface area contributed by atoms with E-state index in [9.17, 15) is 4.79 Å². The molecule has 0 fully saturated rings. The van der Waals surface area contributed by atoms with E-state index in [0.29, 0.717) is 0 Å². The van der Waals surface area contributed by atoms with Crippen molar-refractivity contribution in [2.24, 2.45) is 5.10 Å². The Morgan fingerprint density at radius 1 is 1.10 bits per heavy atom. The normalized spacial score (nSPS) is 12.3. The number of carbonyl (C=O) groups excluding carboxylic acids is 1. The van der Waals surface area contributed by atoms with Gasteiger partial charge in [-0.15, -0.1) is 11.8 Å². The quantitative estimate of drug-likeness (QED) is 0.407. The lowest BCUT2D eigenvalue weighted by molar-refractivity contribution is -0.120. The van der Waals surface area contributed by atoms with Crippen LogP contribution < -0.4 is 5.43 Å². The van der Waals surface area contributed by atoms with Crippen LogP contribution >= 0.6 is 11.8 Å². The van der Waals surface area contributed by atoms with E-state index >= 15 is 0 Å². The number of hydrazone groups is 1. The Hall–Kier alpha value is -2.79. The number of aromatic nitrogens is 1. The molecule has 3 aromatic rings.